The number of anilines is 1. The number of hydrogen-bond donors (Lipinski definition) is 3. The van der Waals surface area contributed by atoms with Crippen LogP contribution in [0.4, 0.5) is 10.1 Å². The van der Waals surface area contributed by atoms with Crippen molar-refractivity contribution >= 4 is 5.69 Å². The molecule has 2 rings (SSSR count). The van der Waals surface area contributed by atoms with Gasteiger partial charge in [0.2, 0.25) is 0 Å². The molecule has 0 spiro atoms. The molecule has 0 aliphatic rings. The number of nitrogens with one attached hydrogen (secondary N) is 1. The summed E-state index contributed by atoms with van der Waals surface area (Å²) < 4.78 is 18.9. The standard InChI is InChI=1S/C15H16FNO3/c16-14-10-12(7-6-11(14)8-9-18)17-15(19)20-13-4-2-1-3-5-13/h1-7,10,15,17-19H,8-9H2. The minimum atomic E-state index is -1.28. The van der Waals surface area contributed by atoms with Gasteiger partial charge in [-0.05, 0) is 36.2 Å². The first-order valence-electron chi connectivity index (χ1n) is 6.24. The van der Waals surface area contributed by atoms with Crippen molar-refractivity contribution in [1.29, 1.82) is 0 Å². The fourth-order valence-corrected chi connectivity index (χ4v) is 1.76. The number of rotatable bonds is 6. The molecule has 0 aliphatic carbocycles. The number of ether oxygens (including phenoxy) is 1. The second-order valence-corrected chi connectivity index (χ2v) is 4.21. The molecule has 0 radical (unpaired) electrons. The highest BCUT2D eigenvalue weighted by atomic mass is 19.1. The van der Waals surface area contributed by atoms with Crippen LogP contribution in [0.2, 0.25) is 0 Å². The third-order valence-corrected chi connectivity index (χ3v) is 2.72. The van der Waals surface area contributed by atoms with Gasteiger partial charge in [0.15, 0.2) is 0 Å². The van der Waals surface area contributed by atoms with Crippen LogP contribution in [-0.2, 0) is 6.42 Å². The summed E-state index contributed by atoms with van der Waals surface area (Å²) >= 11 is 0. The Morgan fingerprint density at radius 3 is 2.55 bits per heavy atom. The van der Waals surface area contributed by atoms with Crippen LogP contribution in [0.15, 0.2) is 48.5 Å². The van der Waals surface area contributed by atoms with E-state index in [1.54, 1.807) is 36.4 Å². The van der Waals surface area contributed by atoms with Gasteiger partial charge in [-0.15, -0.1) is 0 Å². The smallest absolute Gasteiger partial charge is 0.279 e. The molecular weight excluding hydrogens is 261 g/mol. The predicted octanol–water partition coefficient (Wildman–Crippen LogP) is 2.13. The first kappa shape index (κ1) is 14.3. The number of halogens is 1. The number of benzene rings is 2. The number of aliphatic hydroxyl groups is 2. The second-order valence-electron chi connectivity index (χ2n) is 4.21. The summed E-state index contributed by atoms with van der Waals surface area (Å²) in [6.07, 6.45) is -1.02. The molecule has 0 fully saturated rings. The summed E-state index contributed by atoms with van der Waals surface area (Å²) in [5, 5.41) is 21.1. The molecule has 2 aromatic carbocycles. The molecule has 0 saturated heterocycles. The van der Waals surface area contributed by atoms with E-state index in [1.165, 1.54) is 6.07 Å². The van der Waals surface area contributed by atoms with Gasteiger partial charge in [-0.25, -0.2) is 4.39 Å². The van der Waals surface area contributed by atoms with Crippen LogP contribution in [0, 0.1) is 5.82 Å². The van der Waals surface area contributed by atoms with E-state index in [1.807, 2.05) is 6.07 Å². The van der Waals surface area contributed by atoms with Gasteiger partial charge in [0.05, 0.1) is 0 Å². The highest BCUT2D eigenvalue weighted by molar-refractivity contribution is 5.45. The number of aliphatic hydroxyl groups excluding tert-OH is 2. The SMILES string of the molecule is OCCc1ccc(NC(O)Oc2ccccc2)cc1F. The zero-order valence-electron chi connectivity index (χ0n) is 10.8. The third-order valence-electron chi connectivity index (χ3n) is 2.72. The molecule has 4 nitrogen and oxygen atoms in total. The molecule has 5 heteroatoms. The number of para-hydroxylation sites is 1. The largest absolute Gasteiger partial charge is 0.447 e. The first-order chi connectivity index (χ1) is 9.69. The lowest BCUT2D eigenvalue weighted by Gasteiger charge is -2.16. The van der Waals surface area contributed by atoms with E-state index in [4.69, 9.17) is 9.84 Å². The van der Waals surface area contributed by atoms with Gasteiger partial charge in [0, 0.05) is 12.3 Å². The Balaban J connectivity index is 1.97. The summed E-state index contributed by atoms with van der Waals surface area (Å²) in [7, 11) is 0. The van der Waals surface area contributed by atoms with Crippen molar-refractivity contribution in [2.45, 2.75) is 12.8 Å². The molecule has 0 amide bonds. The summed E-state index contributed by atoms with van der Waals surface area (Å²) in [6, 6.07) is 13.2. The Morgan fingerprint density at radius 2 is 1.90 bits per heavy atom. The zero-order chi connectivity index (χ0) is 14.4. The van der Waals surface area contributed by atoms with E-state index in [2.05, 4.69) is 5.32 Å². The van der Waals surface area contributed by atoms with E-state index in [9.17, 15) is 9.50 Å². The van der Waals surface area contributed by atoms with Gasteiger partial charge in [-0.2, -0.15) is 0 Å². The summed E-state index contributed by atoms with van der Waals surface area (Å²) in [4.78, 5) is 0. The number of hydrogen-bond acceptors (Lipinski definition) is 4. The van der Waals surface area contributed by atoms with Gasteiger partial charge in [0.25, 0.3) is 6.41 Å². The highest BCUT2D eigenvalue weighted by Gasteiger charge is 2.08. The highest BCUT2D eigenvalue weighted by Crippen LogP contribution is 2.17. The third kappa shape index (κ3) is 3.94. The van der Waals surface area contributed by atoms with E-state index >= 15 is 0 Å². The average molecular weight is 277 g/mol. The topological polar surface area (TPSA) is 61.7 Å². The quantitative estimate of drug-likeness (QED) is 0.708. The molecule has 0 aromatic heterocycles. The van der Waals surface area contributed by atoms with Crippen LogP contribution in [0.3, 0.4) is 0 Å². The minimum Gasteiger partial charge on any atom is -0.447 e. The minimum absolute atomic E-state index is 0.108. The Labute approximate surface area is 116 Å². The molecule has 1 atom stereocenters. The van der Waals surface area contributed by atoms with E-state index in [0.717, 1.165) is 0 Å². The Bertz CT molecular complexity index is 548. The zero-order valence-corrected chi connectivity index (χ0v) is 10.8. The Kier molecular flexibility index (Phi) is 4.92. The predicted molar refractivity (Wildman–Crippen MR) is 73.9 cm³/mol. The molecule has 20 heavy (non-hydrogen) atoms. The molecule has 1 unspecified atom stereocenters. The van der Waals surface area contributed by atoms with Crippen LogP contribution in [-0.4, -0.2) is 23.2 Å². The Morgan fingerprint density at radius 1 is 1.15 bits per heavy atom. The van der Waals surface area contributed by atoms with Crippen molar-refractivity contribution < 1.29 is 19.3 Å². The van der Waals surface area contributed by atoms with Crippen molar-refractivity contribution in [1.82, 2.24) is 0 Å². The summed E-state index contributed by atoms with van der Waals surface area (Å²) in [6.45, 7) is -0.108. The van der Waals surface area contributed by atoms with Crippen molar-refractivity contribution in [3.8, 4) is 5.75 Å². The average Bonchev–Trinajstić information content (AvgIpc) is 2.43. The second kappa shape index (κ2) is 6.88. The van der Waals surface area contributed by atoms with Gasteiger partial charge >= 0.3 is 0 Å². The lowest BCUT2D eigenvalue weighted by molar-refractivity contribution is 0.00773. The molecule has 106 valence electrons. The van der Waals surface area contributed by atoms with Gasteiger partial charge < -0.3 is 20.3 Å². The van der Waals surface area contributed by atoms with Gasteiger partial charge in [-0.3, -0.25) is 0 Å². The fraction of sp³-hybridized carbons (Fsp3) is 0.200. The molecule has 0 aliphatic heterocycles. The van der Waals surface area contributed by atoms with Crippen molar-refractivity contribution in [3.05, 3.63) is 59.9 Å². The van der Waals surface area contributed by atoms with Crippen molar-refractivity contribution in [3.63, 3.8) is 0 Å². The fourth-order valence-electron chi connectivity index (χ4n) is 1.76. The molecule has 0 heterocycles. The lowest BCUT2D eigenvalue weighted by Crippen LogP contribution is -2.25. The summed E-state index contributed by atoms with van der Waals surface area (Å²) in [5.41, 5.74) is 0.823. The van der Waals surface area contributed by atoms with Crippen LogP contribution >= 0.6 is 0 Å². The van der Waals surface area contributed by atoms with Crippen molar-refractivity contribution in [2.24, 2.45) is 0 Å². The molecular formula is C15H16FNO3. The van der Waals surface area contributed by atoms with E-state index in [0.29, 0.717) is 17.0 Å². The van der Waals surface area contributed by atoms with E-state index < -0.39 is 12.2 Å². The van der Waals surface area contributed by atoms with E-state index in [-0.39, 0.29) is 13.0 Å². The monoisotopic (exact) mass is 277 g/mol. The van der Waals surface area contributed by atoms with Crippen LogP contribution in [0.25, 0.3) is 0 Å². The van der Waals surface area contributed by atoms with Crippen LogP contribution < -0.4 is 10.1 Å². The lowest BCUT2D eigenvalue weighted by atomic mass is 10.1. The first-order valence-corrected chi connectivity index (χ1v) is 6.24. The normalized spacial score (nSPS) is 11.9. The molecule has 0 bridgehead atoms. The maximum Gasteiger partial charge on any atom is 0.279 e. The molecule has 0 saturated carbocycles. The van der Waals surface area contributed by atoms with Crippen molar-refractivity contribution in [2.75, 3.05) is 11.9 Å². The summed E-state index contributed by atoms with van der Waals surface area (Å²) in [5.74, 6) is 0.0702. The van der Waals surface area contributed by atoms with Crippen LogP contribution in [0.5, 0.6) is 5.75 Å². The van der Waals surface area contributed by atoms with Gasteiger partial charge in [-0.1, -0.05) is 24.3 Å². The Hall–Kier alpha value is -2.11. The molecule has 2 aromatic rings. The maximum absolute atomic E-state index is 13.6. The maximum atomic E-state index is 13.6. The molecule has 3 N–H and O–H groups in total. The van der Waals surface area contributed by atoms with Crippen LogP contribution in [0.1, 0.15) is 5.56 Å². The van der Waals surface area contributed by atoms with Gasteiger partial charge in [0.1, 0.15) is 11.6 Å².